The average Bonchev–Trinajstić information content (AvgIpc) is 3.40. The Kier molecular flexibility index (Phi) is 9.99. The summed E-state index contributed by atoms with van der Waals surface area (Å²) in [6.45, 7) is 9.93. The van der Waals surface area contributed by atoms with Crippen molar-refractivity contribution < 1.29 is 28.2 Å². The van der Waals surface area contributed by atoms with Gasteiger partial charge in [-0.2, -0.15) is 5.10 Å². The molecule has 4 rings (SSSR count). The number of hydrazone groups is 1. The fourth-order valence-corrected chi connectivity index (χ4v) is 5.06. The zero-order valence-corrected chi connectivity index (χ0v) is 24.7. The van der Waals surface area contributed by atoms with Gasteiger partial charge in [0.25, 0.3) is 5.91 Å². The molecule has 1 fully saturated rings. The Morgan fingerprint density at radius 2 is 1.78 bits per heavy atom. The molecule has 0 saturated carbocycles. The number of nitrogens with zero attached hydrogens (tertiary/aromatic N) is 4. The summed E-state index contributed by atoms with van der Waals surface area (Å²) >= 11 is 0. The van der Waals surface area contributed by atoms with E-state index in [0.29, 0.717) is 56.4 Å². The minimum Gasteiger partial charge on any atom is -0.497 e. The van der Waals surface area contributed by atoms with Gasteiger partial charge < -0.3 is 19.1 Å². The molecular formula is C31H41FN4O5. The molecule has 0 radical (unpaired) electrons. The standard InChI is InChI=1S/C31H41FN4O5/c1-31(2,3)20-29(37)35(13-12-34-14-16-41-17-15-34)21-30(38)36-27(22-6-8-23(32)9-7-22)19-26(33-36)25-11-10-24(39-4)18-28(25)40-5/h6-11,18,27H,12-17,19-21H2,1-5H3/t27-/m0/s1. The van der Waals surface area contributed by atoms with Gasteiger partial charge in [0.2, 0.25) is 5.91 Å². The van der Waals surface area contributed by atoms with Crippen LogP contribution in [-0.2, 0) is 14.3 Å². The summed E-state index contributed by atoms with van der Waals surface area (Å²) in [7, 11) is 3.15. The summed E-state index contributed by atoms with van der Waals surface area (Å²) in [4.78, 5) is 31.2. The fraction of sp³-hybridized carbons (Fsp3) is 0.516. The topological polar surface area (TPSA) is 83.9 Å². The van der Waals surface area contributed by atoms with E-state index in [2.05, 4.69) is 4.90 Å². The van der Waals surface area contributed by atoms with Gasteiger partial charge in [0.1, 0.15) is 23.9 Å². The highest BCUT2D eigenvalue weighted by Gasteiger charge is 2.36. The molecule has 0 bridgehead atoms. The highest BCUT2D eigenvalue weighted by molar-refractivity contribution is 6.05. The number of halogens is 1. The molecule has 2 amide bonds. The quantitative estimate of drug-likeness (QED) is 0.429. The second-order valence-electron chi connectivity index (χ2n) is 11.6. The lowest BCUT2D eigenvalue weighted by molar-refractivity contribution is -0.142. The summed E-state index contributed by atoms with van der Waals surface area (Å²) in [5, 5.41) is 6.20. The Bertz CT molecular complexity index is 1240. The first kappa shape index (κ1) is 30.5. The number of ether oxygens (including phenoxy) is 3. The second-order valence-corrected chi connectivity index (χ2v) is 11.6. The maximum Gasteiger partial charge on any atom is 0.262 e. The Morgan fingerprint density at radius 3 is 2.41 bits per heavy atom. The zero-order chi connectivity index (χ0) is 29.6. The van der Waals surface area contributed by atoms with Crippen molar-refractivity contribution in [2.24, 2.45) is 10.5 Å². The molecule has 2 heterocycles. The van der Waals surface area contributed by atoms with Gasteiger partial charge in [-0.1, -0.05) is 32.9 Å². The Hall–Kier alpha value is -3.50. The van der Waals surface area contributed by atoms with E-state index < -0.39 is 6.04 Å². The van der Waals surface area contributed by atoms with Gasteiger partial charge >= 0.3 is 0 Å². The van der Waals surface area contributed by atoms with Crippen LogP contribution >= 0.6 is 0 Å². The number of hydrogen-bond donors (Lipinski definition) is 0. The summed E-state index contributed by atoms with van der Waals surface area (Å²) in [6.07, 6.45) is 0.728. The van der Waals surface area contributed by atoms with Crippen LogP contribution < -0.4 is 9.47 Å². The first-order valence-electron chi connectivity index (χ1n) is 14.0. The average molecular weight is 569 g/mol. The van der Waals surface area contributed by atoms with Crippen molar-refractivity contribution in [3.8, 4) is 11.5 Å². The largest absolute Gasteiger partial charge is 0.497 e. The zero-order valence-electron chi connectivity index (χ0n) is 24.7. The van der Waals surface area contributed by atoms with Gasteiger partial charge in [-0.3, -0.25) is 14.5 Å². The predicted octanol–water partition coefficient (Wildman–Crippen LogP) is 4.12. The Morgan fingerprint density at radius 1 is 1.07 bits per heavy atom. The molecular weight excluding hydrogens is 527 g/mol. The van der Waals surface area contributed by atoms with Gasteiger partial charge in [0.05, 0.1) is 39.2 Å². The second kappa shape index (κ2) is 13.4. The number of rotatable bonds is 10. The fourth-order valence-electron chi connectivity index (χ4n) is 5.06. The van der Waals surface area contributed by atoms with Crippen LogP contribution in [0.15, 0.2) is 47.6 Å². The molecule has 0 spiro atoms. The van der Waals surface area contributed by atoms with Crippen LogP contribution in [0.3, 0.4) is 0 Å². The molecule has 0 aromatic heterocycles. The number of morpholine rings is 1. The van der Waals surface area contributed by atoms with E-state index in [-0.39, 0.29) is 29.6 Å². The molecule has 2 aliphatic rings. The molecule has 1 saturated heterocycles. The van der Waals surface area contributed by atoms with Gasteiger partial charge in [-0.15, -0.1) is 0 Å². The van der Waals surface area contributed by atoms with Crippen molar-refractivity contribution >= 4 is 17.5 Å². The third-order valence-corrected chi connectivity index (χ3v) is 7.29. The molecule has 2 aromatic rings. The summed E-state index contributed by atoms with van der Waals surface area (Å²) in [6, 6.07) is 11.1. The lowest BCUT2D eigenvalue weighted by Crippen LogP contribution is -2.47. The van der Waals surface area contributed by atoms with E-state index >= 15 is 0 Å². The van der Waals surface area contributed by atoms with Crippen molar-refractivity contribution in [3.63, 3.8) is 0 Å². The number of amides is 2. The summed E-state index contributed by atoms with van der Waals surface area (Å²) in [5.41, 5.74) is 1.93. The van der Waals surface area contributed by atoms with Crippen LogP contribution in [0.2, 0.25) is 0 Å². The molecule has 2 aromatic carbocycles. The van der Waals surface area contributed by atoms with E-state index in [1.807, 2.05) is 32.9 Å². The van der Waals surface area contributed by atoms with E-state index in [1.165, 1.54) is 17.1 Å². The van der Waals surface area contributed by atoms with Crippen LogP contribution in [0, 0.1) is 11.2 Å². The molecule has 41 heavy (non-hydrogen) atoms. The third-order valence-electron chi connectivity index (χ3n) is 7.29. The SMILES string of the molecule is COc1ccc(C2=NN(C(=O)CN(CCN3CCOCC3)C(=O)CC(C)(C)C)[C@H](c3ccc(F)cc3)C2)c(OC)c1. The van der Waals surface area contributed by atoms with Crippen molar-refractivity contribution in [1.29, 1.82) is 0 Å². The predicted molar refractivity (Wildman–Crippen MR) is 155 cm³/mol. The number of methoxy groups -OCH3 is 2. The molecule has 222 valence electrons. The molecule has 10 heteroatoms. The maximum absolute atomic E-state index is 13.9. The first-order valence-corrected chi connectivity index (χ1v) is 14.0. The molecule has 2 aliphatic heterocycles. The van der Waals surface area contributed by atoms with E-state index in [9.17, 15) is 14.0 Å². The number of carbonyl (C=O) groups excluding carboxylic acids is 2. The Labute approximate surface area is 241 Å². The smallest absolute Gasteiger partial charge is 0.262 e. The molecule has 1 atom stereocenters. The van der Waals surface area contributed by atoms with Crippen LogP contribution in [0.25, 0.3) is 0 Å². The number of hydrogen-bond acceptors (Lipinski definition) is 7. The normalized spacial score (nSPS) is 17.8. The lowest BCUT2D eigenvalue weighted by atomic mass is 9.91. The minimum atomic E-state index is -0.455. The van der Waals surface area contributed by atoms with Crippen molar-refractivity contribution in [2.75, 3.05) is 60.2 Å². The number of benzene rings is 2. The van der Waals surface area contributed by atoms with Gasteiger partial charge in [-0.25, -0.2) is 9.40 Å². The lowest BCUT2D eigenvalue weighted by Gasteiger charge is -2.32. The van der Waals surface area contributed by atoms with Crippen LogP contribution in [0.1, 0.15) is 50.8 Å². The molecule has 9 nitrogen and oxygen atoms in total. The monoisotopic (exact) mass is 568 g/mol. The van der Waals surface area contributed by atoms with Crippen molar-refractivity contribution in [2.45, 2.75) is 39.7 Å². The van der Waals surface area contributed by atoms with Gasteiger partial charge in [0, 0.05) is 50.7 Å². The van der Waals surface area contributed by atoms with Crippen molar-refractivity contribution in [1.82, 2.24) is 14.8 Å². The Balaban J connectivity index is 1.61. The van der Waals surface area contributed by atoms with Crippen LogP contribution in [-0.4, -0.2) is 92.5 Å². The highest BCUT2D eigenvalue weighted by Crippen LogP contribution is 2.36. The van der Waals surface area contributed by atoms with Crippen molar-refractivity contribution in [3.05, 3.63) is 59.4 Å². The minimum absolute atomic E-state index is 0.0716. The summed E-state index contributed by atoms with van der Waals surface area (Å²) < 4.78 is 30.2. The van der Waals surface area contributed by atoms with Crippen LogP contribution in [0.5, 0.6) is 11.5 Å². The number of carbonyl (C=O) groups is 2. The van der Waals surface area contributed by atoms with E-state index in [4.69, 9.17) is 19.3 Å². The van der Waals surface area contributed by atoms with E-state index in [0.717, 1.165) is 24.2 Å². The van der Waals surface area contributed by atoms with Crippen LogP contribution in [0.4, 0.5) is 4.39 Å². The van der Waals surface area contributed by atoms with Gasteiger partial charge in [0.15, 0.2) is 0 Å². The van der Waals surface area contributed by atoms with Gasteiger partial charge in [-0.05, 0) is 35.2 Å². The molecule has 0 unspecified atom stereocenters. The molecule has 0 N–H and O–H groups in total. The first-order chi connectivity index (χ1) is 19.6. The highest BCUT2D eigenvalue weighted by atomic mass is 19.1. The van der Waals surface area contributed by atoms with E-state index in [1.54, 1.807) is 37.3 Å². The molecule has 0 aliphatic carbocycles. The third kappa shape index (κ3) is 8.04. The summed E-state index contributed by atoms with van der Waals surface area (Å²) in [5.74, 6) is 0.483. The maximum atomic E-state index is 13.9.